The van der Waals surface area contributed by atoms with E-state index in [0.717, 1.165) is 25.7 Å². The van der Waals surface area contributed by atoms with Gasteiger partial charge in [-0.3, -0.25) is 4.79 Å². The molecule has 0 radical (unpaired) electrons. The first kappa shape index (κ1) is 18.7. The Kier molecular flexibility index (Phi) is 5.80. The van der Waals surface area contributed by atoms with Crippen LogP contribution in [0.2, 0.25) is 0 Å². The van der Waals surface area contributed by atoms with Gasteiger partial charge in [0, 0.05) is 11.8 Å². The van der Waals surface area contributed by atoms with E-state index < -0.39 is 0 Å². The van der Waals surface area contributed by atoms with Crippen LogP contribution in [0.3, 0.4) is 0 Å². The second-order valence-electron chi connectivity index (χ2n) is 7.96. The average molecular weight is 350 g/mol. The number of carbonyl (C=O) groups is 1. The third-order valence-corrected chi connectivity index (χ3v) is 6.24. The Bertz CT molecular complexity index is 739. The molecule has 3 atom stereocenters. The summed E-state index contributed by atoms with van der Waals surface area (Å²) in [5.74, 6) is 0.662. The largest absolute Gasteiger partial charge is 0.370 e. The minimum Gasteiger partial charge on any atom is -0.370 e. The van der Waals surface area contributed by atoms with E-state index in [0.29, 0.717) is 18.3 Å². The van der Waals surface area contributed by atoms with Gasteiger partial charge in [-0.05, 0) is 47.8 Å². The van der Waals surface area contributed by atoms with Gasteiger partial charge in [-0.25, -0.2) is 0 Å². The molecule has 0 fully saturated rings. The first-order chi connectivity index (χ1) is 12.6. The number of hydrogen-bond acceptors (Lipinski definition) is 1. The predicted molar refractivity (Wildman–Crippen MR) is 108 cm³/mol. The zero-order valence-electron chi connectivity index (χ0n) is 16.1. The van der Waals surface area contributed by atoms with Crippen molar-refractivity contribution in [2.75, 3.05) is 0 Å². The molecule has 0 heterocycles. The van der Waals surface area contributed by atoms with Crippen LogP contribution in [0.15, 0.2) is 54.6 Å². The van der Waals surface area contributed by atoms with Gasteiger partial charge in [-0.2, -0.15) is 0 Å². The molecule has 2 aromatic rings. The summed E-state index contributed by atoms with van der Waals surface area (Å²) in [5.41, 5.74) is 9.73. The average Bonchev–Trinajstić information content (AvgIpc) is 2.65. The van der Waals surface area contributed by atoms with Crippen molar-refractivity contribution in [1.82, 2.24) is 0 Å². The van der Waals surface area contributed by atoms with Gasteiger partial charge in [0.15, 0.2) is 0 Å². The van der Waals surface area contributed by atoms with Crippen LogP contribution in [0.25, 0.3) is 0 Å². The molecule has 2 N–H and O–H groups in total. The van der Waals surface area contributed by atoms with Crippen LogP contribution in [-0.2, 0) is 16.6 Å². The fraction of sp³-hybridized carbons (Fsp3) is 0.458. The van der Waals surface area contributed by atoms with Gasteiger partial charge in [0.05, 0.1) is 0 Å². The third-order valence-electron chi connectivity index (χ3n) is 6.24. The molecule has 3 unspecified atom stereocenters. The monoisotopic (exact) mass is 349 g/mol. The Labute approximate surface area is 157 Å². The molecule has 1 amide bonds. The minimum absolute atomic E-state index is 0.194. The molecule has 1 aliphatic rings. The van der Waals surface area contributed by atoms with Gasteiger partial charge in [0.25, 0.3) is 0 Å². The fourth-order valence-corrected chi connectivity index (χ4v) is 5.12. The normalized spacial score (nSPS) is 21.6. The second kappa shape index (κ2) is 8.07. The Morgan fingerprint density at radius 3 is 2.50 bits per heavy atom. The number of unbranched alkanes of at least 4 members (excludes halogenated alkanes) is 1. The number of aryl methyl sites for hydroxylation is 1. The first-order valence-corrected chi connectivity index (χ1v) is 10.00. The maximum atomic E-state index is 12.2. The number of fused-ring (bicyclic) bond motifs is 1. The van der Waals surface area contributed by atoms with Gasteiger partial charge in [0.1, 0.15) is 0 Å². The van der Waals surface area contributed by atoms with Gasteiger partial charge in [0.2, 0.25) is 5.91 Å². The van der Waals surface area contributed by atoms with Gasteiger partial charge < -0.3 is 5.73 Å². The van der Waals surface area contributed by atoms with E-state index in [1.807, 2.05) is 0 Å². The molecule has 0 aliphatic heterocycles. The smallest absolute Gasteiger partial charge is 0.218 e. The quantitative estimate of drug-likeness (QED) is 0.719. The molecule has 2 aromatic carbocycles. The zero-order chi connectivity index (χ0) is 18.6. The molecule has 2 heteroatoms. The van der Waals surface area contributed by atoms with Crippen molar-refractivity contribution >= 4 is 5.91 Å². The van der Waals surface area contributed by atoms with E-state index in [1.165, 1.54) is 23.1 Å². The van der Waals surface area contributed by atoms with Crippen LogP contribution in [0.4, 0.5) is 0 Å². The number of amides is 1. The number of primary amides is 1. The van der Waals surface area contributed by atoms with E-state index in [2.05, 4.69) is 68.4 Å². The SMILES string of the molecule is CCCCC(CC(N)=O)(c1ccccc1)C1c2ccccc2CCC1C. The number of rotatable bonds is 7. The van der Waals surface area contributed by atoms with Gasteiger partial charge in [-0.15, -0.1) is 0 Å². The molecular weight excluding hydrogens is 318 g/mol. The summed E-state index contributed by atoms with van der Waals surface area (Å²) in [5, 5.41) is 0. The maximum absolute atomic E-state index is 12.2. The summed E-state index contributed by atoms with van der Waals surface area (Å²) in [6.07, 6.45) is 5.94. The van der Waals surface area contributed by atoms with Crippen molar-refractivity contribution in [2.24, 2.45) is 11.7 Å². The fourth-order valence-electron chi connectivity index (χ4n) is 5.12. The van der Waals surface area contributed by atoms with Crippen molar-refractivity contribution in [3.05, 3.63) is 71.3 Å². The van der Waals surface area contributed by atoms with Crippen LogP contribution < -0.4 is 5.73 Å². The molecule has 138 valence electrons. The maximum Gasteiger partial charge on any atom is 0.218 e. The summed E-state index contributed by atoms with van der Waals surface area (Å²) < 4.78 is 0. The lowest BCUT2D eigenvalue weighted by Gasteiger charge is -2.47. The van der Waals surface area contributed by atoms with Crippen LogP contribution in [-0.4, -0.2) is 5.91 Å². The number of hydrogen-bond donors (Lipinski definition) is 1. The lowest BCUT2D eigenvalue weighted by molar-refractivity contribution is -0.119. The van der Waals surface area contributed by atoms with E-state index in [9.17, 15) is 4.79 Å². The van der Waals surface area contributed by atoms with Crippen LogP contribution >= 0.6 is 0 Å². The lowest BCUT2D eigenvalue weighted by Crippen LogP contribution is -2.42. The first-order valence-electron chi connectivity index (χ1n) is 10.00. The summed E-state index contributed by atoms with van der Waals surface area (Å²) in [4.78, 5) is 12.2. The molecule has 26 heavy (non-hydrogen) atoms. The molecule has 0 saturated heterocycles. The molecule has 0 saturated carbocycles. The molecule has 0 aromatic heterocycles. The van der Waals surface area contributed by atoms with Crippen molar-refractivity contribution in [1.29, 1.82) is 0 Å². The van der Waals surface area contributed by atoms with E-state index in [4.69, 9.17) is 5.73 Å². The number of carbonyl (C=O) groups excluding carboxylic acids is 1. The van der Waals surface area contributed by atoms with Gasteiger partial charge >= 0.3 is 0 Å². The molecule has 3 rings (SSSR count). The Balaban J connectivity index is 2.20. The Morgan fingerprint density at radius 2 is 1.81 bits per heavy atom. The van der Waals surface area contributed by atoms with Crippen molar-refractivity contribution in [2.45, 2.75) is 63.7 Å². The number of benzene rings is 2. The lowest BCUT2D eigenvalue weighted by atomic mass is 9.56. The summed E-state index contributed by atoms with van der Waals surface area (Å²) in [6, 6.07) is 19.4. The predicted octanol–water partition coefficient (Wildman–Crippen LogP) is 5.36. The Hall–Kier alpha value is -2.09. The molecular formula is C24H31NO. The van der Waals surface area contributed by atoms with Crippen LogP contribution in [0, 0.1) is 5.92 Å². The van der Waals surface area contributed by atoms with Crippen molar-refractivity contribution in [3.63, 3.8) is 0 Å². The van der Waals surface area contributed by atoms with Crippen molar-refractivity contribution in [3.8, 4) is 0 Å². The highest BCUT2D eigenvalue weighted by Crippen LogP contribution is 2.53. The zero-order valence-corrected chi connectivity index (χ0v) is 16.1. The highest BCUT2D eigenvalue weighted by molar-refractivity contribution is 5.76. The number of nitrogens with two attached hydrogens (primary N) is 1. The summed E-state index contributed by atoms with van der Waals surface area (Å²) >= 11 is 0. The molecule has 2 nitrogen and oxygen atoms in total. The molecule has 1 aliphatic carbocycles. The summed E-state index contributed by atoms with van der Waals surface area (Å²) in [7, 11) is 0. The van der Waals surface area contributed by atoms with Crippen LogP contribution in [0.1, 0.15) is 68.6 Å². The summed E-state index contributed by atoms with van der Waals surface area (Å²) in [6.45, 7) is 4.57. The third kappa shape index (κ3) is 3.56. The van der Waals surface area contributed by atoms with Crippen LogP contribution in [0.5, 0.6) is 0 Å². The second-order valence-corrected chi connectivity index (χ2v) is 7.96. The minimum atomic E-state index is -0.223. The van der Waals surface area contributed by atoms with E-state index in [-0.39, 0.29) is 11.3 Å². The molecule has 0 spiro atoms. The highest BCUT2D eigenvalue weighted by Gasteiger charge is 2.46. The van der Waals surface area contributed by atoms with Crippen molar-refractivity contribution < 1.29 is 4.79 Å². The van der Waals surface area contributed by atoms with E-state index in [1.54, 1.807) is 0 Å². The van der Waals surface area contributed by atoms with Gasteiger partial charge in [-0.1, -0.05) is 81.3 Å². The Morgan fingerprint density at radius 1 is 1.12 bits per heavy atom. The highest BCUT2D eigenvalue weighted by atomic mass is 16.1. The molecule has 0 bridgehead atoms. The van der Waals surface area contributed by atoms with E-state index >= 15 is 0 Å². The topological polar surface area (TPSA) is 43.1 Å². The standard InChI is InChI=1S/C24H31NO/c1-3-4-16-24(17-22(25)26,20-11-6-5-7-12-20)23-18(2)14-15-19-10-8-9-13-21(19)23/h5-13,18,23H,3-4,14-17H2,1-2H3,(H2,25,26).